The smallest absolute Gasteiger partial charge is 0.409 e. The van der Waals surface area contributed by atoms with Crippen molar-refractivity contribution in [2.75, 3.05) is 71.0 Å². The van der Waals surface area contributed by atoms with Gasteiger partial charge in [-0.05, 0) is 24.6 Å². The SMILES string of the molecule is CCOC(=O)N1CCN(C(=NC)NCc2ccc(N3CCOCC3)c(F)c2)CC1. The summed E-state index contributed by atoms with van der Waals surface area (Å²) in [5.41, 5.74) is 1.47. The lowest BCUT2D eigenvalue weighted by Gasteiger charge is -2.35. The summed E-state index contributed by atoms with van der Waals surface area (Å²) in [5, 5.41) is 3.29. The third-order valence-electron chi connectivity index (χ3n) is 5.13. The fraction of sp³-hybridized carbons (Fsp3) is 0.600. The number of benzene rings is 1. The van der Waals surface area contributed by atoms with Crippen molar-refractivity contribution in [3.05, 3.63) is 29.6 Å². The van der Waals surface area contributed by atoms with E-state index in [4.69, 9.17) is 9.47 Å². The van der Waals surface area contributed by atoms with E-state index in [0.717, 1.165) is 11.5 Å². The van der Waals surface area contributed by atoms with Crippen molar-refractivity contribution in [1.82, 2.24) is 15.1 Å². The molecule has 0 aromatic heterocycles. The van der Waals surface area contributed by atoms with Gasteiger partial charge in [0.15, 0.2) is 5.96 Å². The van der Waals surface area contributed by atoms with Crippen LogP contribution >= 0.6 is 0 Å². The number of carbonyl (C=O) groups excluding carboxylic acids is 1. The van der Waals surface area contributed by atoms with Gasteiger partial charge in [0.2, 0.25) is 0 Å². The highest BCUT2D eigenvalue weighted by atomic mass is 19.1. The Morgan fingerprint density at radius 2 is 1.86 bits per heavy atom. The second kappa shape index (κ2) is 10.3. The average molecular weight is 407 g/mol. The number of anilines is 1. The molecule has 1 aromatic carbocycles. The van der Waals surface area contributed by atoms with Crippen molar-refractivity contribution in [3.63, 3.8) is 0 Å². The Morgan fingerprint density at radius 1 is 1.17 bits per heavy atom. The topological polar surface area (TPSA) is 69.6 Å². The van der Waals surface area contributed by atoms with E-state index in [2.05, 4.69) is 15.2 Å². The number of hydrogen-bond donors (Lipinski definition) is 1. The Bertz CT molecular complexity index is 716. The Balaban J connectivity index is 1.52. The zero-order valence-electron chi connectivity index (χ0n) is 17.2. The van der Waals surface area contributed by atoms with Crippen molar-refractivity contribution in [2.24, 2.45) is 4.99 Å². The van der Waals surface area contributed by atoms with Crippen LogP contribution in [0.4, 0.5) is 14.9 Å². The predicted octanol–water partition coefficient (Wildman–Crippen LogP) is 1.51. The zero-order chi connectivity index (χ0) is 20.6. The van der Waals surface area contributed by atoms with Crippen molar-refractivity contribution >= 4 is 17.7 Å². The van der Waals surface area contributed by atoms with Crippen LogP contribution in [-0.2, 0) is 16.0 Å². The number of nitrogens with one attached hydrogen (secondary N) is 1. The number of halogens is 1. The Hall–Kier alpha value is -2.55. The van der Waals surface area contributed by atoms with E-state index < -0.39 is 0 Å². The number of amides is 1. The van der Waals surface area contributed by atoms with Crippen molar-refractivity contribution < 1.29 is 18.7 Å². The maximum atomic E-state index is 14.6. The Labute approximate surface area is 171 Å². The van der Waals surface area contributed by atoms with Crippen molar-refractivity contribution in [2.45, 2.75) is 13.5 Å². The van der Waals surface area contributed by atoms with Crippen LogP contribution < -0.4 is 10.2 Å². The predicted molar refractivity (Wildman–Crippen MR) is 110 cm³/mol. The van der Waals surface area contributed by atoms with Crippen molar-refractivity contribution in [1.29, 1.82) is 0 Å². The minimum absolute atomic E-state index is 0.218. The number of ether oxygens (including phenoxy) is 2. The van der Waals surface area contributed by atoms with Gasteiger partial charge in [0.25, 0.3) is 0 Å². The first-order valence-electron chi connectivity index (χ1n) is 10.1. The molecule has 2 aliphatic heterocycles. The van der Waals surface area contributed by atoms with Gasteiger partial charge in [-0.15, -0.1) is 0 Å². The standard InChI is InChI=1S/C20H30FN5O3/c1-3-29-20(27)26-8-6-25(7-9-26)19(22-2)23-15-16-4-5-18(17(21)14-16)24-10-12-28-13-11-24/h4-5,14H,3,6-13,15H2,1-2H3,(H,22,23). The third-order valence-corrected chi connectivity index (χ3v) is 5.13. The molecular weight excluding hydrogens is 377 g/mol. The molecule has 29 heavy (non-hydrogen) atoms. The van der Waals surface area contributed by atoms with Crippen LogP contribution in [0, 0.1) is 5.82 Å². The molecule has 2 saturated heterocycles. The molecule has 2 aliphatic rings. The molecule has 2 heterocycles. The van der Waals surface area contributed by atoms with E-state index in [-0.39, 0.29) is 11.9 Å². The summed E-state index contributed by atoms with van der Waals surface area (Å²) in [6.07, 6.45) is -0.272. The molecule has 2 fully saturated rings. The Morgan fingerprint density at radius 3 is 2.48 bits per heavy atom. The van der Waals surface area contributed by atoms with E-state index in [9.17, 15) is 9.18 Å². The maximum absolute atomic E-state index is 14.6. The van der Waals surface area contributed by atoms with Gasteiger partial charge < -0.3 is 29.5 Å². The maximum Gasteiger partial charge on any atom is 0.409 e. The second-order valence-electron chi connectivity index (χ2n) is 6.96. The van der Waals surface area contributed by atoms with E-state index in [1.807, 2.05) is 17.0 Å². The summed E-state index contributed by atoms with van der Waals surface area (Å²) in [5.74, 6) is 0.524. The Kier molecular flexibility index (Phi) is 7.51. The molecule has 1 amide bonds. The van der Waals surface area contributed by atoms with Gasteiger partial charge in [0, 0.05) is 52.9 Å². The zero-order valence-corrected chi connectivity index (χ0v) is 17.2. The van der Waals surface area contributed by atoms with Crippen LogP contribution in [-0.4, -0.2) is 88.0 Å². The second-order valence-corrected chi connectivity index (χ2v) is 6.96. The fourth-order valence-electron chi connectivity index (χ4n) is 3.55. The summed E-state index contributed by atoms with van der Waals surface area (Å²) in [7, 11) is 1.72. The monoisotopic (exact) mass is 407 g/mol. The minimum Gasteiger partial charge on any atom is -0.450 e. The number of hydrogen-bond acceptors (Lipinski definition) is 5. The summed E-state index contributed by atoms with van der Waals surface area (Å²) in [6.45, 7) is 7.84. The number of morpholine rings is 1. The number of carbonyl (C=O) groups is 1. The van der Waals surface area contributed by atoms with Crippen LogP contribution in [0.15, 0.2) is 23.2 Å². The molecule has 0 atom stereocenters. The lowest BCUT2D eigenvalue weighted by atomic mass is 10.1. The summed E-state index contributed by atoms with van der Waals surface area (Å²) >= 11 is 0. The molecule has 0 saturated carbocycles. The first-order chi connectivity index (χ1) is 14.1. The normalized spacial score (nSPS) is 18.0. The molecule has 0 aliphatic carbocycles. The number of nitrogens with zero attached hydrogens (tertiary/aromatic N) is 4. The summed E-state index contributed by atoms with van der Waals surface area (Å²) in [6, 6.07) is 5.34. The largest absolute Gasteiger partial charge is 0.450 e. The molecule has 1 aromatic rings. The highest BCUT2D eigenvalue weighted by molar-refractivity contribution is 5.80. The lowest BCUT2D eigenvalue weighted by molar-refractivity contribution is 0.0914. The highest BCUT2D eigenvalue weighted by Gasteiger charge is 2.23. The quantitative estimate of drug-likeness (QED) is 0.603. The third kappa shape index (κ3) is 5.50. The van der Waals surface area contributed by atoms with Gasteiger partial charge in [-0.1, -0.05) is 6.07 Å². The molecule has 160 valence electrons. The molecule has 0 spiro atoms. The van der Waals surface area contributed by atoms with Gasteiger partial charge >= 0.3 is 6.09 Å². The van der Waals surface area contributed by atoms with Crippen LogP contribution in [0.2, 0.25) is 0 Å². The van der Waals surface area contributed by atoms with Gasteiger partial charge in [0.05, 0.1) is 25.5 Å². The minimum atomic E-state index is -0.272. The van der Waals surface area contributed by atoms with Gasteiger partial charge in [0.1, 0.15) is 5.82 Å². The van der Waals surface area contributed by atoms with Crippen LogP contribution in [0.1, 0.15) is 12.5 Å². The average Bonchev–Trinajstić information content (AvgIpc) is 2.75. The number of guanidine groups is 1. The first-order valence-corrected chi connectivity index (χ1v) is 10.1. The molecule has 0 bridgehead atoms. The van der Waals surface area contributed by atoms with Gasteiger partial charge in [-0.2, -0.15) is 0 Å². The molecule has 9 heteroatoms. The molecule has 3 rings (SSSR count). The molecular formula is C20H30FN5O3. The number of rotatable bonds is 4. The van der Waals surface area contributed by atoms with Crippen molar-refractivity contribution in [3.8, 4) is 0 Å². The van der Waals surface area contributed by atoms with E-state index >= 15 is 0 Å². The molecule has 0 unspecified atom stereocenters. The highest BCUT2D eigenvalue weighted by Crippen LogP contribution is 2.21. The fourth-order valence-corrected chi connectivity index (χ4v) is 3.55. The molecule has 1 N–H and O–H groups in total. The summed E-state index contributed by atoms with van der Waals surface area (Å²) in [4.78, 5) is 22.0. The van der Waals surface area contributed by atoms with E-state index in [1.165, 1.54) is 0 Å². The molecule has 0 radical (unpaired) electrons. The van der Waals surface area contributed by atoms with Gasteiger partial charge in [-0.3, -0.25) is 4.99 Å². The lowest BCUT2D eigenvalue weighted by Crippen LogP contribution is -2.53. The van der Waals surface area contributed by atoms with E-state index in [0.29, 0.717) is 71.3 Å². The van der Waals surface area contributed by atoms with Crippen LogP contribution in [0.5, 0.6) is 0 Å². The van der Waals surface area contributed by atoms with Gasteiger partial charge in [-0.25, -0.2) is 9.18 Å². The van der Waals surface area contributed by atoms with Crippen LogP contribution in [0.3, 0.4) is 0 Å². The first kappa shape index (κ1) is 21.2. The van der Waals surface area contributed by atoms with E-state index in [1.54, 1.807) is 24.9 Å². The molecule has 8 nitrogen and oxygen atoms in total. The number of piperazine rings is 1. The number of aliphatic imine (C=N–C) groups is 1. The van der Waals surface area contributed by atoms with Crippen LogP contribution in [0.25, 0.3) is 0 Å². The summed E-state index contributed by atoms with van der Waals surface area (Å²) < 4.78 is 25.0.